The smallest absolute Gasteiger partial charge is 0.311 e. The Morgan fingerprint density at radius 3 is 2.63 bits per heavy atom. The molecule has 0 saturated heterocycles. The van der Waals surface area contributed by atoms with E-state index in [2.05, 4.69) is 0 Å². The number of methoxy groups -OCH3 is 1. The van der Waals surface area contributed by atoms with Crippen LogP contribution >= 0.6 is 0 Å². The van der Waals surface area contributed by atoms with Crippen LogP contribution in [0.4, 0.5) is 10.1 Å². The van der Waals surface area contributed by atoms with Crippen molar-refractivity contribution in [2.24, 2.45) is 0 Å². The van der Waals surface area contributed by atoms with Gasteiger partial charge in [-0.05, 0) is 25.3 Å². The molecule has 0 heterocycles. The Hall–Kier alpha value is -1.69. The molecule has 2 rings (SSSR count). The van der Waals surface area contributed by atoms with Crippen LogP contribution in [0.1, 0.15) is 25.7 Å². The molecule has 104 valence electrons. The highest BCUT2D eigenvalue weighted by atomic mass is 19.1. The van der Waals surface area contributed by atoms with E-state index in [1.54, 1.807) is 7.11 Å². The number of nitro benzene ring substituents is 1. The van der Waals surface area contributed by atoms with Gasteiger partial charge in [-0.1, -0.05) is 6.42 Å². The van der Waals surface area contributed by atoms with Gasteiger partial charge in [0.25, 0.3) is 0 Å². The average Bonchev–Trinajstić information content (AvgIpc) is 2.39. The van der Waals surface area contributed by atoms with Gasteiger partial charge in [0.1, 0.15) is 11.9 Å². The Bertz CT molecular complexity index is 466. The van der Waals surface area contributed by atoms with Crippen molar-refractivity contribution in [2.75, 3.05) is 7.11 Å². The van der Waals surface area contributed by atoms with Gasteiger partial charge < -0.3 is 9.47 Å². The third-order valence-electron chi connectivity index (χ3n) is 3.34. The van der Waals surface area contributed by atoms with E-state index in [9.17, 15) is 14.5 Å². The molecule has 6 heteroatoms. The maximum atomic E-state index is 13.2. The van der Waals surface area contributed by atoms with E-state index < -0.39 is 10.7 Å². The lowest BCUT2D eigenvalue weighted by atomic mass is 9.94. The second-order valence-electron chi connectivity index (χ2n) is 4.58. The number of nitrogens with zero attached hydrogens (tertiary/aromatic N) is 1. The van der Waals surface area contributed by atoms with Crippen LogP contribution in [0.2, 0.25) is 0 Å². The van der Waals surface area contributed by atoms with Crippen LogP contribution in [0.25, 0.3) is 0 Å². The number of nitro groups is 1. The number of halogens is 1. The van der Waals surface area contributed by atoms with Crippen molar-refractivity contribution in [3.63, 3.8) is 0 Å². The highest BCUT2D eigenvalue weighted by Crippen LogP contribution is 2.32. The summed E-state index contributed by atoms with van der Waals surface area (Å²) in [5, 5.41) is 10.9. The van der Waals surface area contributed by atoms with Crippen molar-refractivity contribution >= 4 is 5.69 Å². The topological polar surface area (TPSA) is 61.6 Å². The summed E-state index contributed by atoms with van der Waals surface area (Å²) in [6.45, 7) is 0. The predicted octanol–water partition coefficient (Wildman–Crippen LogP) is 3.07. The number of benzene rings is 1. The summed E-state index contributed by atoms with van der Waals surface area (Å²) < 4.78 is 24.2. The summed E-state index contributed by atoms with van der Waals surface area (Å²) in [6, 6.07) is 3.23. The van der Waals surface area contributed by atoms with Crippen molar-refractivity contribution in [1.29, 1.82) is 0 Å². The molecule has 1 aliphatic carbocycles. The molecule has 1 aliphatic rings. The molecular weight excluding hydrogens is 253 g/mol. The lowest BCUT2D eigenvalue weighted by Gasteiger charge is -2.30. The molecule has 0 bridgehead atoms. The quantitative estimate of drug-likeness (QED) is 0.622. The van der Waals surface area contributed by atoms with Crippen LogP contribution in [0.5, 0.6) is 5.75 Å². The fourth-order valence-electron chi connectivity index (χ4n) is 2.36. The lowest BCUT2D eigenvalue weighted by Crippen LogP contribution is -2.36. The van der Waals surface area contributed by atoms with Gasteiger partial charge in [-0.15, -0.1) is 0 Å². The van der Waals surface area contributed by atoms with Gasteiger partial charge in [-0.2, -0.15) is 0 Å². The SMILES string of the molecule is CO[C@H]1CCCCC1Oc1cc(F)ccc1[N+](=O)[O-]. The first-order chi connectivity index (χ1) is 9.11. The van der Waals surface area contributed by atoms with Crippen molar-refractivity contribution < 1.29 is 18.8 Å². The van der Waals surface area contributed by atoms with Gasteiger partial charge in [-0.25, -0.2) is 4.39 Å². The van der Waals surface area contributed by atoms with Crippen molar-refractivity contribution in [1.82, 2.24) is 0 Å². The van der Waals surface area contributed by atoms with Crippen molar-refractivity contribution in [3.8, 4) is 5.75 Å². The van der Waals surface area contributed by atoms with E-state index in [1.807, 2.05) is 0 Å². The zero-order valence-electron chi connectivity index (χ0n) is 10.7. The molecule has 0 aliphatic heterocycles. The van der Waals surface area contributed by atoms with E-state index in [0.717, 1.165) is 43.9 Å². The molecule has 0 spiro atoms. The van der Waals surface area contributed by atoms with E-state index in [1.165, 1.54) is 0 Å². The molecule has 0 aromatic heterocycles. The Labute approximate surface area is 110 Å². The fraction of sp³-hybridized carbons (Fsp3) is 0.538. The summed E-state index contributed by atoms with van der Waals surface area (Å²) in [5.41, 5.74) is -0.221. The lowest BCUT2D eigenvalue weighted by molar-refractivity contribution is -0.386. The monoisotopic (exact) mass is 269 g/mol. The Morgan fingerprint density at radius 2 is 2.00 bits per heavy atom. The predicted molar refractivity (Wildman–Crippen MR) is 66.7 cm³/mol. The molecular formula is C13H16FNO4. The number of hydrogen-bond donors (Lipinski definition) is 0. The zero-order chi connectivity index (χ0) is 13.8. The highest BCUT2D eigenvalue weighted by Gasteiger charge is 2.29. The summed E-state index contributed by atoms with van der Waals surface area (Å²) in [6.07, 6.45) is 3.27. The second-order valence-corrected chi connectivity index (χ2v) is 4.58. The zero-order valence-corrected chi connectivity index (χ0v) is 10.7. The molecule has 19 heavy (non-hydrogen) atoms. The van der Waals surface area contributed by atoms with Gasteiger partial charge in [0.15, 0.2) is 5.75 Å². The minimum absolute atomic E-state index is 0.0287. The summed E-state index contributed by atoms with van der Waals surface area (Å²) >= 11 is 0. The Morgan fingerprint density at radius 1 is 1.32 bits per heavy atom. The van der Waals surface area contributed by atoms with Crippen molar-refractivity contribution in [2.45, 2.75) is 37.9 Å². The van der Waals surface area contributed by atoms with E-state index in [0.29, 0.717) is 0 Å². The Kier molecular flexibility index (Phi) is 4.31. The summed E-state index contributed by atoms with van der Waals surface area (Å²) in [4.78, 5) is 10.3. The van der Waals surface area contributed by atoms with E-state index in [4.69, 9.17) is 9.47 Å². The Balaban J connectivity index is 2.21. The molecule has 0 N–H and O–H groups in total. The maximum Gasteiger partial charge on any atom is 0.311 e. The average molecular weight is 269 g/mol. The van der Waals surface area contributed by atoms with Crippen LogP contribution in [0.15, 0.2) is 18.2 Å². The summed E-state index contributed by atoms with van der Waals surface area (Å²) in [7, 11) is 1.59. The first kappa shape index (κ1) is 13.7. The number of rotatable bonds is 4. The van der Waals surface area contributed by atoms with Crippen molar-refractivity contribution in [3.05, 3.63) is 34.1 Å². The first-order valence-electron chi connectivity index (χ1n) is 6.25. The molecule has 5 nitrogen and oxygen atoms in total. The molecule has 1 aromatic rings. The first-order valence-corrected chi connectivity index (χ1v) is 6.25. The third-order valence-corrected chi connectivity index (χ3v) is 3.34. The van der Waals surface area contributed by atoms with Gasteiger partial charge in [0, 0.05) is 19.2 Å². The molecule has 1 unspecified atom stereocenters. The van der Waals surface area contributed by atoms with Crippen LogP contribution < -0.4 is 4.74 Å². The minimum Gasteiger partial charge on any atom is -0.481 e. The van der Waals surface area contributed by atoms with Gasteiger partial charge in [-0.3, -0.25) is 10.1 Å². The summed E-state index contributed by atoms with van der Waals surface area (Å²) in [5.74, 6) is -0.579. The van der Waals surface area contributed by atoms with Crippen LogP contribution in [0.3, 0.4) is 0 Å². The van der Waals surface area contributed by atoms with Gasteiger partial charge in [0.05, 0.1) is 11.0 Å². The van der Waals surface area contributed by atoms with E-state index in [-0.39, 0.29) is 23.6 Å². The normalized spacial score (nSPS) is 23.1. The van der Waals surface area contributed by atoms with Crippen LogP contribution in [-0.2, 0) is 4.74 Å². The number of hydrogen-bond acceptors (Lipinski definition) is 4. The van der Waals surface area contributed by atoms with Gasteiger partial charge >= 0.3 is 5.69 Å². The molecule has 0 radical (unpaired) electrons. The third kappa shape index (κ3) is 3.20. The molecule has 1 fully saturated rings. The number of ether oxygens (including phenoxy) is 2. The molecule has 1 saturated carbocycles. The van der Waals surface area contributed by atoms with E-state index >= 15 is 0 Å². The molecule has 0 amide bonds. The highest BCUT2D eigenvalue weighted by molar-refractivity contribution is 5.46. The second kappa shape index (κ2) is 5.97. The standard InChI is InChI=1S/C13H16FNO4/c1-18-11-4-2-3-5-12(11)19-13-8-9(14)6-7-10(13)15(16)17/h6-8,11-12H,2-5H2,1H3/t11-,12?/m0/s1. The maximum absolute atomic E-state index is 13.2. The largest absolute Gasteiger partial charge is 0.481 e. The van der Waals surface area contributed by atoms with Crippen LogP contribution in [-0.4, -0.2) is 24.2 Å². The molecule has 1 aromatic carbocycles. The fourth-order valence-corrected chi connectivity index (χ4v) is 2.36. The molecule has 2 atom stereocenters. The van der Waals surface area contributed by atoms with Crippen LogP contribution in [0, 0.1) is 15.9 Å². The minimum atomic E-state index is -0.570. The van der Waals surface area contributed by atoms with Gasteiger partial charge in [0.2, 0.25) is 0 Å².